The molecule has 0 spiro atoms. The number of aliphatic hydroxyl groups excluding tert-OH is 1. The van der Waals surface area contributed by atoms with Crippen LogP contribution in [0.25, 0.3) is 0 Å². The Morgan fingerprint density at radius 2 is 1.56 bits per heavy atom. The number of carboxylic acids is 1. The smallest absolute Gasteiger partial charge is 0.314 e. The Labute approximate surface area is 206 Å². The molecule has 0 aromatic carbocycles. The second-order valence-electron chi connectivity index (χ2n) is 14.5. The molecule has 8 atom stereocenters. The van der Waals surface area contributed by atoms with Crippen molar-refractivity contribution in [3.8, 4) is 0 Å². The van der Waals surface area contributed by atoms with Gasteiger partial charge in [0, 0.05) is 6.42 Å². The predicted molar refractivity (Wildman–Crippen MR) is 133 cm³/mol. The number of carbonyl (C=O) groups excluding carboxylic acids is 1. The van der Waals surface area contributed by atoms with Crippen molar-refractivity contribution in [2.24, 2.45) is 50.7 Å². The molecule has 5 rings (SSSR count). The van der Waals surface area contributed by atoms with E-state index in [1.807, 2.05) is 0 Å². The molecule has 0 amide bonds. The maximum absolute atomic E-state index is 13.2. The molecule has 0 heterocycles. The van der Waals surface area contributed by atoms with E-state index in [0.29, 0.717) is 18.3 Å². The van der Waals surface area contributed by atoms with Crippen molar-refractivity contribution in [2.45, 2.75) is 112 Å². The van der Waals surface area contributed by atoms with Crippen molar-refractivity contribution >= 4 is 11.8 Å². The summed E-state index contributed by atoms with van der Waals surface area (Å²) in [6.45, 7) is 16.2. The number of carboxylic acid groups (broad SMARTS) is 1. The van der Waals surface area contributed by atoms with E-state index in [-0.39, 0.29) is 51.8 Å². The number of aliphatic hydroxyl groups is 1. The van der Waals surface area contributed by atoms with Gasteiger partial charge in [0.1, 0.15) is 0 Å². The van der Waals surface area contributed by atoms with Gasteiger partial charge in [-0.15, -0.1) is 0 Å². The summed E-state index contributed by atoms with van der Waals surface area (Å²) in [5.74, 6) is 0.656. The van der Waals surface area contributed by atoms with Crippen molar-refractivity contribution in [3.05, 3.63) is 11.1 Å². The van der Waals surface area contributed by atoms with Gasteiger partial charge in [0.2, 0.25) is 0 Å². The number of rotatable bonds is 2. The minimum absolute atomic E-state index is 0.00312. The van der Waals surface area contributed by atoms with Crippen molar-refractivity contribution in [1.29, 1.82) is 0 Å². The van der Waals surface area contributed by atoms with Gasteiger partial charge in [0.25, 0.3) is 0 Å². The van der Waals surface area contributed by atoms with Crippen LogP contribution in [0.1, 0.15) is 106 Å². The van der Waals surface area contributed by atoms with Gasteiger partial charge < -0.3 is 10.2 Å². The number of carbonyl (C=O) groups is 2. The Bertz CT molecular complexity index is 961. The van der Waals surface area contributed by atoms with Crippen LogP contribution in [-0.2, 0) is 9.59 Å². The van der Waals surface area contributed by atoms with Crippen molar-refractivity contribution < 1.29 is 19.8 Å². The molecule has 5 aliphatic carbocycles. The largest absolute Gasteiger partial charge is 0.481 e. The van der Waals surface area contributed by atoms with Gasteiger partial charge >= 0.3 is 5.97 Å². The minimum Gasteiger partial charge on any atom is -0.481 e. The van der Waals surface area contributed by atoms with Gasteiger partial charge in [-0.3, -0.25) is 9.59 Å². The molecular weight excluding hydrogens is 424 g/mol. The first-order chi connectivity index (χ1) is 15.7. The molecule has 0 aliphatic heterocycles. The molecule has 0 bridgehead atoms. The molecule has 4 nitrogen and oxygen atoms in total. The summed E-state index contributed by atoms with van der Waals surface area (Å²) in [5.41, 5.74) is 1.16. The number of aliphatic carboxylic acids is 1. The average molecular weight is 471 g/mol. The zero-order valence-corrected chi connectivity index (χ0v) is 22.5. The summed E-state index contributed by atoms with van der Waals surface area (Å²) in [6.07, 6.45) is 7.77. The minimum atomic E-state index is -0.970. The highest BCUT2D eigenvalue weighted by Gasteiger charge is 2.70. The standard InChI is InChI=1S/C30H46O4/c1-17(2)23-19(31)16-30(25(33)34)15-14-28(6)18(24(23)30)8-9-21-27(5)12-11-22(32)26(3,4)20(27)10-13-29(21,28)7/h17-18,20-22,32H,8-16H2,1-7H3,(H,33,34)/t18?,20?,21?,22?,27?,28?,29?,30-/m1/s1. The summed E-state index contributed by atoms with van der Waals surface area (Å²) in [4.78, 5) is 26.0. The fourth-order valence-corrected chi connectivity index (χ4v) is 10.9. The Kier molecular flexibility index (Phi) is 5.20. The highest BCUT2D eigenvalue weighted by Crippen LogP contribution is 2.76. The van der Waals surface area contributed by atoms with Crippen LogP contribution in [-0.4, -0.2) is 28.1 Å². The first-order valence-electron chi connectivity index (χ1n) is 13.9. The molecule has 5 aliphatic rings. The Morgan fingerprint density at radius 3 is 2.18 bits per heavy atom. The van der Waals surface area contributed by atoms with Gasteiger partial charge in [0.15, 0.2) is 5.78 Å². The molecule has 0 radical (unpaired) electrons. The van der Waals surface area contributed by atoms with E-state index in [9.17, 15) is 19.8 Å². The van der Waals surface area contributed by atoms with Crippen LogP contribution in [0.2, 0.25) is 0 Å². The van der Waals surface area contributed by atoms with Gasteiger partial charge in [-0.1, -0.05) is 48.5 Å². The zero-order valence-electron chi connectivity index (χ0n) is 22.5. The third-order valence-corrected chi connectivity index (χ3v) is 12.8. The molecule has 2 N–H and O–H groups in total. The van der Waals surface area contributed by atoms with E-state index in [4.69, 9.17) is 0 Å². The van der Waals surface area contributed by atoms with E-state index >= 15 is 0 Å². The molecule has 4 saturated carbocycles. The quantitative estimate of drug-likeness (QED) is 0.489. The average Bonchev–Trinajstić information content (AvgIpc) is 3.05. The maximum Gasteiger partial charge on any atom is 0.314 e. The van der Waals surface area contributed by atoms with Crippen LogP contribution in [0.5, 0.6) is 0 Å². The lowest BCUT2D eigenvalue weighted by Gasteiger charge is -2.71. The maximum atomic E-state index is 13.2. The van der Waals surface area contributed by atoms with Gasteiger partial charge in [0.05, 0.1) is 11.5 Å². The fourth-order valence-electron chi connectivity index (χ4n) is 10.9. The number of fused-ring (bicyclic) bond motifs is 7. The molecule has 190 valence electrons. The molecule has 0 aromatic rings. The lowest BCUT2D eigenvalue weighted by atomic mass is 9.33. The summed E-state index contributed by atoms with van der Waals surface area (Å²) >= 11 is 0. The second-order valence-corrected chi connectivity index (χ2v) is 14.5. The third kappa shape index (κ3) is 2.70. The van der Waals surface area contributed by atoms with Crippen molar-refractivity contribution in [3.63, 3.8) is 0 Å². The molecule has 34 heavy (non-hydrogen) atoms. The second kappa shape index (κ2) is 7.20. The summed E-state index contributed by atoms with van der Waals surface area (Å²) in [7, 11) is 0. The predicted octanol–water partition coefficient (Wildman–Crippen LogP) is 6.41. The topological polar surface area (TPSA) is 74.6 Å². The van der Waals surface area contributed by atoms with Gasteiger partial charge in [-0.05, 0) is 108 Å². The Hall–Kier alpha value is -1.16. The zero-order chi connectivity index (χ0) is 25.1. The normalized spacial score (nSPS) is 49.9. The molecule has 4 fully saturated rings. The highest BCUT2D eigenvalue weighted by atomic mass is 16.4. The Balaban J connectivity index is 1.62. The van der Waals surface area contributed by atoms with Crippen LogP contribution in [0, 0.1) is 50.7 Å². The summed E-state index contributed by atoms with van der Waals surface area (Å²) < 4.78 is 0. The van der Waals surface area contributed by atoms with Gasteiger partial charge in [-0.25, -0.2) is 0 Å². The first kappa shape index (κ1) is 24.5. The summed E-state index contributed by atoms with van der Waals surface area (Å²) in [6, 6.07) is 0. The number of hydrogen-bond acceptors (Lipinski definition) is 3. The Morgan fingerprint density at radius 1 is 0.882 bits per heavy atom. The highest BCUT2D eigenvalue weighted by molar-refractivity contribution is 6.05. The molecule has 7 unspecified atom stereocenters. The summed E-state index contributed by atoms with van der Waals surface area (Å²) in [5, 5.41) is 21.3. The van der Waals surface area contributed by atoms with E-state index < -0.39 is 11.4 Å². The fraction of sp³-hybridized carbons (Fsp3) is 0.867. The number of Topliss-reactive ketones (excluding diaryl/α,β-unsaturated/α-hetero) is 1. The van der Waals surface area contributed by atoms with E-state index in [2.05, 4.69) is 48.5 Å². The lowest BCUT2D eigenvalue weighted by Crippen LogP contribution is -2.65. The van der Waals surface area contributed by atoms with E-state index in [1.54, 1.807) is 0 Å². The molecule has 0 saturated heterocycles. The number of ketones is 1. The van der Waals surface area contributed by atoms with Crippen LogP contribution in [0.3, 0.4) is 0 Å². The number of hydrogen-bond donors (Lipinski definition) is 2. The van der Waals surface area contributed by atoms with E-state index in [1.165, 1.54) is 0 Å². The first-order valence-corrected chi connectivity index (χ1v) is 13.9. The van der Waals surface area contributed by atoms with E-state index in [0.717, 1.165) is 56.1 Å². The van der Waals surface area contributed by atoms with Crippen LogP contribution >= 0.6 is 0 Å². The monoisotopic (exact) mass is 470 g/mol. The van der Waals surface area contributed by atoms with Crippen LogP contribution in [0.15, 0.2) is 11.1 Å². The van der Waals surface area contributed by atoms with Crippen molar-refractivity contribution in [2.75, 3.05) is 0 Å². The van der Waals surface area contributed by atoms with Crippen LogP contribution in [0.4, 0.5) is 0 Å². The van der Waals surface area contributed by atoms with Crippen molar-refractivity contribution in [1.82, 2.24) is 0 Å². The lowest BCUT2D eigenvalue weighted by molar-refractivity contribution is -0.228. The molecule has 0 aromatic heterocycles. The van der Waals surface area contributed by atoms with Gasteiger partial charge in [-0.2, -0.15) is 0 Å². The SMILES string of the molecule is CC(C)C1=C2C3CCC4C5(C)CCC(O)C(C)(C)C5CCC4(C)C3(C)CC[C@@]2(C(=O)O)CC1=O. The third-order valence-electron chi connectivity index (χ3n) is 12.8. The molecular formula is C30H46O4. The van der Waals surface area contributed by atoms with Crippen LogP contribution < -0.4 is 0 Å². The number of allylic oxidation sites excluding steroid dienone is 1. The molecule has 4 heteroatoms.